The minimum Gasteiger partial charge on any atom is -0.454 e. The molecule has 0 saturated carbocycles. The Bertz CT molecular complexity index is 852. The van der Waals surface area contributed by atoms with Crippen molar-refractivity contribution in [2.75, 3.05) is 13.3 Å². The third kappa shape index (κ3) is 3.68. The summed E-state index contributed by atoms with van der Waals surface area (Å²) in [7, 11) is -3.62. The van der Waals surface area contributed by atoms with Crippen molar-refractivity contribution in [1.29, 1.82) is 0 Å². The molecule has 5 nitrogen and oxygen atoms in total. The van der Waals surface area contributed by atoms with Gasteiger partial charge in [-0.15, -0.1) is 0 Å². The van der Waals surface area contributed by atoms with Gasteiger partial charge in [0.1, 0.15) is 5.82 Å². The van der Waals surface area contributed by atoms with Crippen LogP contribution in [0.2, 0.25) is 0 Å². The van der Waals surface area contributed by atoms with Gasteiger partial charge in [-0.3, -0.25) is 0 Å². The third-order valence-electron chi connectivity index (χ3n) is 3.81. The molecule has 0 fully saturated rings. The molecule has 1 N–H and O–H groups in total. The molecule has 0 aromatic heterocycles. The third-order valence-corrected chi connectivity index (χ3v) is 5.27. The van der Waals surface area contributed by atoms with E-state index in [1.807, 2.05) is 18.2 Å². The molecule has 128 valence electrons. The number of rotatable bonds is 6. The van der Waals surface area contributed by atoms with Crippen molar-refractivity contribution in [3.05, 3.63) is 53.3 Å². The molecule has 3 rings (SSSR count). The summed E-state index contributed by atoms with van der Waals surface area (Å²) >= 11 is 0. The predicted octanol–water partition coefficient (Wildman–Crippen LogP) is 2.77. The molecule has 7 heteroatoms. The summed E-state index contributed by atoms with van der Waals surface area (Å²) < 4.78 is 50.7. The Morgan fingerprint density at radius 3 is 2.71 bits per heavy atom. The lowest BCUT2D eigenvalue weighted by Crippen LogP contribution is -2.25. The topological polar surface area (TPSA) is 64.6 Å². The van der Waals surface area contributed by atoms with Gasteiger partial charge >= 0.3 is 0 Å². The fourth-order valence-electron chi connectivity index (χ4n) is 2.46. The van der Waals surface area contributed by atoms with E-state index in [0.29, 0.717) is 24.9 Å². The van der Waals surface area contributed by atoms with Gasteiger partial charge in [0.15, 0.2) is 11.5 Å². The molecule has 0 amide bonds. The molecule has 0 aliphatic carbocycles. The Hall–Kier alpha value is -2.12. The largest absolute Gasteiger partial charge is 0.454 e. The molecule has 0 spiro atoms. The molecule has 0 atom stereocenters. The molecule has 0 radical (unpaired) electrons. The molecular formula is C17H18FNO4S. The second-order valence-electron chi connectivity index (χ2n) is 5.60. The van der Waals surface area contributed by atoms with Gasteiger partial charge in [-0.2, -0.15) is 0 Å². The highest BCUT2D eigenvalue weighted by molar-refractivity contribution is 7.89. The highest BCUT2D eigenvalue weighted by Gasteiger charge is 2.15. The maximum Gasteiger partial charge on any atom is 0.240 e. The number of aryl methyl sites for hydroxylation is 2. The SMILES string of the molecule is Cc1cc(S(=O)(=O)NCCCc2ccc3c(c2)OCO3)ccc1F. The van der Waals surface area contributed by atoms with E-state index >= 15 is 0 Å². The average molecular weight is 351 g/mol. The zero-order valence-electron chi connectivity index (χ0n) is 13.2. The van der Waals surface area contributed by atoms with E-state index in [1.165, 1.54) is 19.1 Å². The van der Waals surface area contributed by atoms with E-state index in [9.17, 15) is 12.8 Å². The summed E-state index contributed by atoms with van der Waals surface area (Å²) in [5, 5.41) is 0. The van der Waals surface area contributed by atoms with E-state index in [0.717, 1.165) is 23.1 Å². The van der Waals surface area contributed by atoms with Gasteiger partial charge in [0.25, 0.3) is 0 Å². The fourth-order valence-corrected chi connectivity index (χ4v) is 3.62. The van der Waals surface area contributed by atoms with Crippen molar-refractivity contribution >= 4 is 10.0 Å². The molecule has 1 heterocycles. The molecule has 2 aromatic carbocycles. The van der Waals surface area contributed by atoms with Crippen LogP contribution >= 0.6 is 0 Å². The van der Waals surface area contributed by atoms with Crippen LogP contribution in [0.25, 0.3) is 0 Å². The van der Waals surface area contributed by atoms with Crippen LogP contribution in [-0.2, 0) is 16.4 Å². The van der Waals surface area contributed by atoms with Crippen LogP contribution in [-0.4, -0.2) is 21.8 Å². The maximum atomic E-state index is 13.2. The predicted molar refractivity (Wildman–Crippen MR) is 87.2 cm³/mol. The Kier molecular flexibility index (Phi) is 4.73. The summed E-state index contributed by atoms with van der Waals surface area (Å²) in [5.74, 6) is 1.03. The van der Waals surface area contributed by atoms with Crippen molar-refractivity contribution < 1.29 is 22.3 Å². The molecular weight excluding hydrogens is 333 g/mol. The van der Waals surface area contributed by atoms with E-state index in [2.05, 4.69) is 4.72 Å². The van der Waals surface area contributed by atoms with Gasteiger partial charge in [0.05, 0.1) is 4.90 Å². The lowest BCUT2D eigenvalue weighted by Gasteiger charge is -2.08. The van der Waals surface area contributed by atoms with Crippen LogP contribution in [0.4, 0.5) is 4.39 Å². The summed E-state index contributed by atoms with van der Waals surface area (Å²) in [4.78, 5) is 0.0736. The minimum absolute atomic E-state index is 0.0736. The minimum atomic E-state index is -3.62. The lowest BCUT2D eigenvalue weighted by molar-refractivity contribution is 0.174. The Morgan fingerprint density at radius 2 is 1.92 bits per heavy atom. The zero-order valence-corrected chi connectivity index (χ0v) is 14.0. The van der Waals surface area contributed by atoms with E-state index in [-0.39, 0.29) is 11.7 Å². The number of ether oxygens (including phenoxy) is 2. The number of nitrogens with one attached hydrogen (secondary N) is 1. The van der Waals surface area contributed by atoms with Gasteiger partial charge < -0.3 is 9.47 Å². The molecule has 0 bridgehead atoms. The standard InChI is InChI=1S/C17H18FNO4S/c1-12-9-14(5-6-15(12)18)24(20,21)19-8-2-3-13-4-7-16-17(10-13)23-11-22-16/h4-7,9-10,19H,2-3,8,11H2,1H3. The average Bonchev–Trinajstić information content (AvgIpc) is 3.02. The summed E-state index contributed by atoms with van der Waals surface area (Å²) in [6.07, 6.45) is 1.35. The molecule has 0 saturated heterocycles. The summed E-state index contributed by atoms with van der Waals surface area (Å²) in [6.45, 7) is 2.07. The highest BCUT2D eigenvalue weighted by atomic mass is 32.2. The summed E-state index contributed by atoms with van der Waals surface area (Å²) in [5.41, 5.74) is 1.36. The van der Waals surface area contributed by atoms with Crippen molar-refractivity contribution in [3.8, 4) is 11.5 Å². The van der Waals surface area contributed by atoms with Crippen LogP contribution in [0.3, 0.4) is 0 Å². The van der Waals surface area contributed by atoms with Crippen molar-refractivity contribution in [2.45, 2.75) is 24.7 Å². The Balaban J connectivity index is 1.54. The number of benzene rings is 2. The van der Waals surface area contributed by atoms with Gasteiger partial charge in [-0.25, -0.2) is 17.5 Å². The number of hydrogen-bond donors (Lipinski definition) is 1. The number of hydrogen-bond acceptors (Lipinski definition) is 4. The Morgan fingerprint density at radius 1 is 1.12 bits per heavy atom. The van der Waals surface area contributed by atoms with Gasteiger partial charge in [-0.05, 0) is 61.2 Å². The first-order valence-corrected chi connectivity index (χ1v) is 9.08. The van der Waals surface area contributed by atoms with Crippen LogP contribution < -0.4 is 14.2 Å². The Labute approximate surface area is 140 Å². The molecule has 2 aromatic rings. The number of sulfonamides is 1. The summed E-state index contributed by atoms with van der Waals surface area (Å²) in [6, 6.07) is 9.45. The zero-order chi connectivity index (χ0) is 17.2. The van der Waals surface area contributed by atoms with Crippen molar-refractivity contribution in [3.63, 3.8) is 0 Å². The van der Waals surface area contributed by atoms with E-state index in [4.69, 9.17) is 9.47 Å². The van der Waals surface area contributed by atoms with Gasteiger partial charge in [0.2, 0.25) is 16.8 Å². The van der Waals surface area contributed by atoms with E-state index in [1.54, 1.807) is 0 Å². The number of halogens is 1. The lowest BCUT2D eigenvalue weighted by atomic mass is 10.1. The second-order valence-corrected chi connectivity index (χ2v) is 7.37. The second kappa shape index (κ2) is 6.78. The fraction of sp³-hybridized carbons (Fsp3) is 0.294. The van der Waals surface area contributed by atoms with Gasteiger partial charge in [0, 0.05) is 6.54 Å². The van der Waals surface area contributed by atoms with Crippen LogP contribution in [0, 0.1) is 12.7 Å². The van der Waals surface area contributed by atoms with Gasteiger partial charge in [-0.1, -0.05) is 6.07 Å². The molecule has 1 aliphatic heterocycles. The van der Waals surface area contributed by atoms with Crippen LogP contribution in [0.1, 0.15) is 17.5 Å². The van der Waals surface area contributed by atoms with E-state index < -0.39 is 15.8 Å². The molecule has 0 unspecified atom stereocenters. The monoisotopic (exact) mass is 351 g/mol. The normalized spacial score (nSPS) is 13.2. The first-order valence-electron chi connectivity index (χ1n) is 7.60. The van der Waals surface area contributed by atoms with Crippen molar-refractivity contribution in [2.24, 2.45) is 0 Å². The van der Waals surface area contributed by atoms with Crippen LogP contribution in [0.5, 0.6) is 11.5 Å². The molecule has 24 heavy (non-hydrogen) atoms. The smallest absolute Gasteiger partial charge is 0.240 e. The van der Waals surface area contributed by atoms with Crippen LogP contribution in [0.15, 0.2) is 41.3 Å². The highest BCUT2D eigenvalue weighted by Crippen LogP contribution is 2.32. The van der Waals surface area contributed by atoms with Crippen molar-refractivity contribution in [1.82, 2.24) is 4.72 Å². The number of fused-ring (bicyclic) bond motifs is 1. The first-order chi connectivity index (χ1) is 11.5. The quantitative estimate of drug-likeness (QED) is 0.813. The first kappa shape index (κ1) is 16.7. The maximum absolute atomic E-state index is 13.2. The molecule has 1 aliphatic rings.